The van der Waals surface area contributed by atoms with Crippen LogP contribution in [-0.4, -0.2) is 24.2 Å². The van der Waals surface area contributed by atoms with E-state index in [-0.39, 0.29) is 11.0 Å². The number of carbonyl (C=O) groups excluding carboxylic acids is 1. The third kappa shape index (κ3) is 6.67. The molecule has 34 heavy (non-hydrogen) atoms. The first-order valence-electron chi connectivity index (χ1n) is 10.9. The van der Waals surface area contributed by atoms with E-state index in [1.54, 1.807) is 12.1 Å². The second kappa shape index (κ2) is 11.6. The molecule has 0 heterocycles. The molecular weight excluding hydrogens is 444 g/mol. The Kier molecular flexibility index (Phi) is 7.87. The summed E-state index contributed by atoms with van der Waals surface area (Å²) in [5.41, 5.74) is 3.43. The lowest BCUT2D eigenvalue weighted by molar-refractivity contribution is 0.0977. The fourth-order valence-electron chi connectivity index (χ4n) is 3.25. The second-order valence-corrected chi connectivity index (χ2v) is 7.79. The standard InChI is InChI=1S/C28H24N2O3S/c31-27(23-13-11-22(12-14-23)21-7-3-1-4-8-21)30-28(34)29-24-15-17-26(18-16-24)33-20-19-32-25-9-5-2-6-10-25/h1-18H,19-20H2,(H2,29,30,31,34). The van der Waals surface area contributed by atoms with Gasteiger partial charge in [-0.15, -0.1) is 0 Å². The van der Waals surface area contributed by atoms with Gasteiger partial charge < -0.3 is 14.8 Å². The van der Waals surface area contributed by atoms with Crippen molar-refractivity contribution in [1.29, 1.82) is 0 Å². The first kappa shape index (κ1) is 23.0. The maximum Gasteiger partial charge on any atom is 0.257 e. The van der Waals surface area contributed by atoms with Crippen molar-refractivity contribution in [2.75, 3.05) is 18.5 Å². The zero-order chi connectivity index (χ0) is 23.6. The molecule has 0 saturated carbocycles. The molecule has 0 bridgehead atoms. The van der Waals surface area contributed by atoms with Crippen molar-refractivity contribution in [3.8, 4) is 22.6 Å². The van der Waals surface area contributed by atoms with Gasteiger partial charge in [-0.3, -0.25) is 10.1 Å². The zero-order valence-electron chi connectivity index (χ0n) is 18.4. The minimum Gasteiger partial charge on any atom is -0.490 e. The maximum absolute atomic E-state index is 12.5. The molecule has 0 fully saturated rings. The van der Waals surface area contributed by atoms with E-state index in [1.807, 2.05) is 97.1 Å². The largest absolute Gasteiger partial charge is 0.490 e. The van der Waals surface area contributed by atoms with Gasteiger partial charge in [-0.1, -0.05) is 60.7 Å². The summed E-state index contributed by atoms with van der Waals surface area (Å²) in [5, 5.41) is 5.95. The molecule has 0 aliphatic heterocycles. The summed E-state index contributed by atoms with van der Waals surface area (Å²) in [6, 6.07) is 34.4. The van der Waals surface area contributed by atoms with Crippen LogP contribution in [0.15, 0.2) is 109 Å². The first-order chi connectivity index (χ1) is 16.7. The number of hydrogen-bond acceptors (Lipinski definition) is 4. The van der Waals surface area contributed by atoms with E-state index in [4.69, 9.17) is 21.7 Å². The van der Waals surface area contributed by atoms with Crippen LogP contribution in [0.3, 0.4) is 0 Å². The molecule has 6 heteroatoms. The van der Waals surface area contributed by atoms with E-state index in [0.29, 0.717) is 18.8 Å². The smallest absolute Gasteiger partial charge is 0.257 e. The molecule has 0 unspecified atom stereocenters. The molecule has 0 aliphatic rings. The molecule has 4 aromatic rings. The third-order valence-electron chi connectivity index (χ3n) is 4.96. The lowest BCUT2D eigenvalue weighted by atomic mass is 10.0. The lowest BCUT2D eigenvalue weighted by Crippen LogP contribution is -2.34. The highest BCUT2D eigenvalue weighted by molar-refractivity contribution is 7.80. The molecule has 2 N–H and O–H groups in total. The second-order valence-electron chi connectivity index (χ2n) is 7.39. The molecule has 0 aliphatic carbocycles. The monoisotopic (exact) mass is 468 g/mol. The van der Waals surface area contributed by atoms with E-state index >= 15 is 0 Å². The Balaban J connectivity index is 1.22. The minimum atomic E-state index is -0.268. The fraction of sp³-hybridized carbons (Fsp3) is 0.0714. The number of hydrogen-bond donors (Lipinski definition) is 2. The van der Waals surface area contributed by atoms with Gasteiger partial charge in [0.25, 0.3) is 5.91 Å². The van der Waals surface area contributed by atoms with Crippen LogP contribution >= 0.6 is 12.2 Å². The summed E-state index contributed by atoms with van der Waals surface area (Å²) in [4.78, 5) is 12.5. The van der Waals surface area contributed by atoms with E-state index in [0.717, 1.165) is 28.3 Å². The van der Waals surface area contributed by atoms with Gasteiger partial charge in [-0.2, -0.15) is 0 Å². The predicted octanol–water partition coefficient (Wildman–Crippen LogP) is 5.94. The van der Waals surface area contributed by atoms with Crippen LogP contribution in [0, 0.1) is 0 Å². The molecule has 0 aromatic heterocycles. The van der Waals surface area contributed by atoms with Crippen molar-refractivity contribution < 1.29 is 14.3 Å². The average molecular weight is 469 g/mol. The van der Waals surface area contributed by atoms with Gasteiger partial charge in [0.05, 0.1) is 0 Å². The van der Waals surface area contributed by atoms with Crippen molar-refractivity contribution in [2.24, 2.45) is 0 Å². The van der Waals surface area contributed by atoms with Crippen LogP contribution in [0.4, 0.5) is 5.69 Å². The van der Waals surface area contributed by atoms with Gasteiger partial charge in [0.2, 0.25) is 0 Å². The van der Waals surface area contributed by atoms with E-state index in [9.17, 15) is 4.79 Å². The van der Waals surface area contributed by atoms with Crippen molar-refractivity contribution in [3.63, 3.8) is 0 Å². The molecule has 0 radical (unpaired) electrons. The summed E-state index contributed by atoms with van der Waals surface area (Å²) in [7, 11) is 0. The first-order valence-corrected chi connectivity index (χ1v) is 11.3. The Labute approximate surface area is 204 Å². The van der Waals surface area contributed by atoms with Crippen molar-refractivity contribution >= 4 is 28.9 Å². The molecule has 4 rings (SSSR count). The minimum absolute atomic E-state index is 0.224. The Hall–Kier alpha value is -4.16. The van der Waals surface area contributed by atoms with Gasteiger partial charge in [0.15, 0.2) is 5.11 Å². The molecular formula is C28H24N2O3S. The van der Waals surface area contributed by atoms with Crippen LogP contribution in [0.2, 0.25) is 0 Å². The highest BCUT2D eigenvalue weighted by atomic mass is 32.1. The summed E-state index contributed by atoms with van der Waals surface area (Å²) in [6.45, 7) is 0.881. The van der Waals surface area contributed by atoms with Crippen molar-refractivity contribution in [3.05, 3.63) is 115 Å². The summed E-state index contributed by atoms with van der Waals surface area (Å²) in [5.74, 6) is 1.26. The van der Waals surface area contributed by atoms with Crippen LogP contribution in [0.1, 0.15) is 10.4 Å². The quantitative estimate of drug-likeness (QED) is 0.248. The predicted molar refractivity (Wildman–Crippen MR) is 139 cm³/mol. The number of thiocarbonyl (C=S) groups is 1. The van der Waals surface area contributed by atoms with Crippen LogP contribution in [-0.2, 0) is 0 Å². The molecule has 1 amide bonds. The molecule has 0 saturated heterocycles. The summed E-state index contributed by atoms with van der Waals surface area (Å²) >= 11 is 5.29. The van der Waals surface area contributed by atoms with Crippen LogP contribution < -0.4 is 20.1 Å². The Morgan fingerprint density at radius 1 is 0.647 bits per heavy atom. The normalized spacial score (nSPS) is 10.2. The average Bonchev–Trinajstić information content (AvgIpc) is 2.89. The fourth-order valence-corrected chi connectivity index (χ4v) is 3.46. The van der Waals surface area contributed by atoms with Gasteiger partial charge in [0, 0.05) is 11.3 Å². The van der Waals surface area contributed by atoms with Gasteiger partial charge >= 0.3 is 0 Å². The Bertz CT molecular complexity index is 1210. The lowest BCUT2D eigenvalue weighted by Gasteiger charge is -2.11. The SMILES string of the molecule is O=C(NC(=S)Nc1ccc(OCCOc2ccccc2)cc1)c1ccc(-c2ccccc2)cc1. The number of carbonyl (C=O) groups is 1. The maximum atomic E-state index is 12.5. The molecule has 170 valence electrons. The Morgan fingerprint density at radius 2 is 1.18 bits per heavy atom. The number of benzene rings is 4. The summed E-state index contributed by atoms with van der Waals surface area (Å²) in [6.07, 6.45) is 0. The zero-order valence-corrected chi connectivity index (χ0v) is 19.3. The number of nitrogens with one attached hydrogen (secondary N) is 2. The number of ether oxygens (including phenoxy) is 2. The third-order valence-corrected chi connectivity index (χ3v) is 5.16. The van der Waals surface area contributed by atoms with E-state index in [2.05, 4.69) is 10.6 Å². The number of anilines is 1. The summed E-state index contributed by atoms with van der Waals surface area (Å²) < 4.78 is 11.3. The van der Waals surface area contributed by atoms with Gasteiger partial charge in [0.1, 0.15) is 24.7 Å². The number of para-hydroxylation sites is 1. The molecule has 5 nitrogen and oxygen atoms in total. The molecule has 0 spiro atoms. The van der Waals surface area contributed by atoms with E-state index in [1.165, 1.54) is 0 Å². The van der Waals surface area contributed by atoms with E-state index < -0.39 is 0 Å². The highest BCUT2D eigenvalue weighted by Gasteiger charge is 2.09. The van der Waals surface area contributed by atoms with Gasteiger partial charge in [-0.05, 0) is 71.9 Å². The van der Waals surface area contributed by atoms with Crippen LogP contribution in [0.25, 0.3) is 11.1 Å². The number of amides is 1. The van der Waals surface area contributed by atoms with Crippen molar-refractivity contribution in [2.45, 2.75) is 0 Å². The highest BCUT2D eigenvalue weighted by Crippen LogP contribution is 2.19. The molecule has 0 atom stereocenters. The Morgan fingerprint density at radius 3 is 1.79 bits per heavy atom. The molecule has 4 aromatic carbocycles. The topological polar surface area (TPSA) is 59.6 Å². The number of rotatable bonds is 8. The van der Waals surface area contributed by atoms with Gasteiger partial charge in [-0.25, -0.2) is 0 Å². The van der Waals surface area contributed by atoms with Crippen LogP contribution in [0.5, 0.6) is 11.5 Å². The van der Waals surface area contributed by atoms with Crippen molar-refractivity contribution in [1.82, 2.24) is 5.32 Å².